The van der Waals surface area contributed by atoms with Gasteiger partial charge in [0.15, 0.2) is 0 Å². The fourth-order valence-electron chi connectivity index (χ4n) is 3.62. The minimum absolute atomic E-state index is 0.104. The van der Waals surface area contributed by atoms with Crippen molar-refractivity contribution >= 4 is 34.7 Å². The van der Waals surface area contributed by atoms with E-state index in [1.165, 1.54) is 35.2 Å². The van der Waals surface area contributed by atoms with Gasteiger partial charge in [0.05, 0.1) is 28.2 Å². The second kappa shape index (κ2) is 10.0. The molecule has 1 saturated heterocycles. The number of nitrogens with zero attached hydrogens (tertiary/aromatic N) is 3. The van der Waals surface area contributed by atoms with E-state index in [-0.39, 0.29) is 34.2 Å². The van der Waals surface area contributed by atoms with Crippen LogP contribution in [-0.2, 0) is 9.59 Å². The molecular formula is C23H24ClN3O6. The highest BCUT2D eigenvalue weighted by Crippen LogP contribution is 2.40. The monoisotopic (exact) mass is 473 g/mol. The Kier molecular flexibility index (Phi) is 7.35. The van der Waals surface area contributed by atoms with Crippen molar-refractivity contribution in [2.24, 2.45) is 0 Å². The van der Waals surface area contributed by atoms with Gasteiger partial charge < -0.3 is 19.6 Å². The molecule has 2 aromatic carbocycles. The standard InChI is InChI=1S/C23H24ClN3O6/c1-4-33-18-10-7-15(13-17(18)24)21(28)19-20(14-5-8-16(9-6-14)27(31)32)26(12-11-25(2)3)23(30)22(19)29/h5-10,13,20,28H,4,11-12H2,1-3H3/b21-19+/t20-/m1/s1. The van der Waals surface area contributed by atoms with Gasteiger partial charge in [-0.05, 0) is 56.9 Å². The number of ketones is 1. The molecule has 3 rings (SSSR count). The molecule has 2 aromatic rings. The van der Waals surface area contributed by atoms with Crippen LogP contribution in [0, 0.1) is 10.1 Å². The number of likely N-dealkylation sites (tertiary alicyclic amines) is 1. The van der Waals surface area contributed by atoms with E-state index in [9.17, 15) is 24.8 Å². The summed E-state index contributed by atoms with van der Waals surface area (Å²) in [5.41, 5.74) is 0.494. The van der Waals surface area contributed by atoms with Crippen molar-refractivity contribution in [2.45, 2.75) is 13.0 Å². The molecule has 1 aliphatic heterocycles. The third kappa shape index (κ3) is 4.99. The number of Topliss-reactive ketones (excluding diaryl/α,β-unsaturated/α-hetero) is 1. The number of aliphatic hydroxyl groups is 1. The quantitative estimate of drug-likeness (QED) is 0.205. The first kappa shape index (κ1) is 24.2. The summed E-state index contributed by atoms with van der Waals surface area (Å²) in [6.07, 6.45) is 0. The van der Waals surface area contributed by atoms with E-state index < -0.39 is 22.7 Å². The Morgan fingerprint density at radius 3 is 2.42 bits per heavy atom. The van der Waals surface area contributed by atoms with Gasteiger partial charge in [-0.2, -0.15) is 0 Å². The van der Waals surface area contributed by atoms with E-state index in [2.05, 4.69) is 0 Å². The lowest BCUT2D eigenvalue weighted by molar-refractivity contribution is -0.384. The summed E-state index contributed by atoms with van der Waals surface area (Å²) >= 11 is 6.25. The van der Waals surface area contributed by atoms with Crippen LogP contribution in [0.15, 0.2) is 48.0 Å². The first-order valence-electron chi connectivity index (χ1n) is 10.3. The molecule has 33 heavy (non-hydrogen) atoms. The molecule has 1 fully saturated rings. The first-order chi connectivity index (χ1) is 15.6. The molecule has 9 nitrogen and oxygen atoms in total. The summed E-state index contributed by atoms with van der Waals surface area (Å²) in [6, 6.07) is 9.24. The Labute approximate surface area is 196 Å². The van der Waals surface area contributed by atoms with Crippen LogP contribution in [0.4, 0.5) is 5.69 Å². The molecular weight excluding hydrogens is 450 g/mol. The number of hydrogen-bond donors (Lipinski definition) is 1. The molecule has 1 amide bonds. The van der Waals surface area contributed by atoms with E-state index in [1.807, 2.05) is 25.9 Å². The molecule has 1 N–H and O–H groups in total. The molecule has 0 unspecified atom stereocenters. The van der Waals surface area contributed by atoms with Crippen molar-refractivity contribution in [3.8, 4) is 5.75 Å². The second-order valence-corrected chi connectivity index (χ2v) is 8.13. The Hall–Kier alpha value is -3.43. The van der Waals surface area contributed by atoms with Crippen molar-refractivity contribution in [1.82, 2.24) is 9.80 Å². The van der Waals surface area contributed by atoms with Crippen molar-refractivity contribution in [2.75, 3.05) is 33.8 Å². The molecule has 1 heterocycles. The minimum Gasteiger partial charge on any atom is -0.507 e. The third-order valence-electron chi connectivity index (χ3n) is 5.25. The SMILES string of the molecule is CCOc1ccc(/C(O)=C2\C(=O)C(=O)N(CCN(C)C)[C@@H]2c2ccc([N+](=O)[O-])cc2)cc1Cl. The van der Waals surface area contributed by atoms with E-state index in [4.69, 9.17) is 16.3 Å². The fraction of sp³-hybridized carbons (Fsp3) is 0.304. The zero-order chi connectivity index (χ0) is 24.3. The summed E-state index contributed by atoms with van der Waals surface area (Å²) in [7, 11) is 3.67. The van der Waals surface area contributed by atoms with Crippen LogP contribution in [0.1, 0.15) is 24.1 Å². The zero-order valence-electron chi connectivity index (χ0n) is 18.4. The van der Waals surface area contributed by atoms with Crippen molar-refractivity contribution in [3.63, 3.8) is 0 Å². The van der Waals surface area contributed by atoms with Crippen molar-refractivity contribution in [3.05, 3.63) is 74.3 Å². The summed E-state index contributed by atoms with van der Waals surface area (Å²) in [4.78, 5) is 39.6. The Morgan fingerprint density at radius 2 is 1.88 bits per heavy atom. The molecule has 0 spiro atoms. The van der Waals surface area contributed by atoms with Gasteiger partial charge in [-0.15, -0.1) is 0 Å². The van der Waals surface area contributed by atoms with Gasteiger partial charge >= 0.3 is 0 Å². The summed E-state index contributed by atoms with van der Waals surface area (Å²) in [5.74, 6) is -1.54. The molecule has 0 radical (unpaired) electrons. The largest absolute Gasteiger partial charge is 0.507 e. The number of benzene rings is 2. The van der Waals surface area contributed by atoms with Gasteiger partial charge in [0.2, 0.25) is 0 Å². The molecule has 0 saturated carbocycles. The number of nitro benzene ring substituents is 1. The molecule has 174 valence electrons. The molecule has 0 aliphatic carbocycles. The number of hydrogen-bond acceptors (Lipinski definition) is 7. The number of carbonyl (C=O) groups excluding carboxylic acids is 2. The fourth-order valence-corrected chi connectivity index (χ4v) is 3.85. The number of ether oxygens (including phenoxy) is 1. The topological polar surface area (TPSA) is 113 Å². The van der Waals surface area contributed by atoms with E-state index in [0.717, 1.165) is 0 Å². The Morgan fingerprint density at radius 1 is 1.21 bits per heavy atom. The van der Waals surface area contributed by atoms with Gasteiger partial charge in [-0.25, -0.2) is 0 Å². The smallest absolute Gasteiger partial charge is 0.295 e. The number of likely N-dealkylation sites (N-methyl/N-ethyl adjacent to an activating group) is 1. The highest BCUT2D eigenvalue weighted by atomic mass is 35.5. The summed E-state index contributed by atoms with van der Waals surface area (Å²) in [5, 5.41) is 22.4. The molecule has 10 heteroatoms. The molecule has 0 bridgehead atoms. The summed E-state index contributed by atoms with van der Waals surface area (Å²) < 4.78 is 5.41. The maximum atomic E-state index is 13.0. The highest BCUT2D eigenvalue weighted by molar-refractivity contribution is 6.46. The van der Waals surface area contributed by atoms with Crippen LogP contribution in [0.25, 0.3) is 5.76 Å². The number of carbonyl (C=O) groups is 2. The van der Waals surface area contributed by atoms with Gasteiger partial charge in [-0.1, -0.05) is 11.6 Å². The lowest BCUT2D eigenvalue weighted by atomic mass is 9.95. The van der Waals surface area contributed by atoms with Crippen LogP contribution in [0.3, 0.4) is 0 Å². The normalized spacial score (nSPS) is 17.6. The van der Waals surface area contributed by atoms with Crippen LogP contribution in [0.2, 0.25) is 5.02 Å². The van der Waals surface area contributed by atoms with Crippen molar-refractivity contribution < 1.29 is 24.4 Å². The van der Waals surface area contributed by atoms with Gasteiger partial charge in [0, 0.05) is 30.8 Å². The predicted octanol–water partition coefficient (Wildman–Crippen LogP) is 3.63. The average Bonchev–Trinajstić information content (AvgIpc) is 3.03. The van der Waals surface area contributed by atoms with Crippen LogP contribution >= 0.6 is 11.6 Å². The van der Waals surface area contributed by atoms with E-state index >= 15 is 0 Å². The van der Waals surface area contributed by atoms with E-state index in [1.54, 1.807) is 12.1 Å². The molecule has 1 aliphatic rings. The lowest BCUT2D eigenvalue weighted by Crippen LogP contribution is -2.35. The maximum Gasteiger partial charge on any atom is 0.295 e. The first-order valence-corrected chi connectivity index (χ1v) is 10.6. The zero-order valence-corrected chi connectivity index (χ0v) is 19.2. The van der Waals surface area contributed by atoms with E-state index in [0.29, 0.717) is 24.5 Å². The number of nitro groups is 1. The average molecular weight is 474 g/mol. The Bertz CT molecular complexity index is 1110. The lowest BCUT2D eigenvalue weighted by Gasteiger charge is -2.26. The van der Waals surface area contributed by atoms with Gasteiger partial charge in [-0.3, -0.25) is 19.7 Å². The Balaban J connectivity index is 2.13. The predicted molar refractivity (Wildman–Crippen MR) is 123 cm³/mol. The summed E-state index contributed by atoms with van der Waals surface area (Å²) in [6.45, 7) is 2.91. The van der Waals surface area contributed by atoms with Crippen LogP contribution < -0.4 is 4.74 Å². The molecule has 0 aromatic heterocycles. The van der Waals surface area contributed by atoms with Crippen LogP contribution in [0.5, 0.6) is 5.75 Å². The third-order valence-corrected chi connectivity index (χ3v) is 5.55. The number of rotatable bonds is 8. The van der Waals surface area contributed by atoms with Crippen molar-refractivity contribution in [1.29, 1.82) is 0 Å². The molecule has 1 atom stereocenters. The van der Waals surface area contributed by atoms with Crippen LogP contribution in [-0.4, -0.2) is 65.3 Å². The van der Waals surface area contributed by atoms with Gasteiger partial charge in [0.1, 0.15) is 11.5 Å². The number of aliphatic hydroxyl groups excluding tert-OH is 1. The second-order valence-electron chi connectivity index (χ2n) is 7.72. The highest BCUT2D eigenvalue weighted by Gasteiger charge is 2.46. The maximum absolute atomic E-state index is 13.0. The minimum atomic E-state index is -0.906. The number of halogens is 1. The van der Waals surface area contributed by atoms with Gasteiger partial charge in [0.25, 0.3) is 17.4 Å². The number of non-ortho nitro benzene ring substituents is 1. The number of amides is 1.